The summed E-state index contributed by atoms with van der Waals surface area (Å²) in [7, 11) is -3.12. The van der Waals surface area contributed by atoms with Crippen LogP contribution in [0.4, 0.5) is 0 Å². The van der Waals surface area contributed by atoms with Gasteiger partial charge in [-0.2, -0.15) is 0 Å². The molecule has 1 aliphatic rings. The van der Waals surface area contributed by atoms with E-state index in [1.165, 1.54) is 21.9 Å². The van der Waals surface area contributed by atoms with Crippen LogP contribution in [0.25, 0.3) is 10.8 Å². The first-order valence-electron chi connectivity index (χ1n) is 8.09. The molecule has 7 nitrogen and oxygen atoms in total. The van der Waals surface area contributed by atoms with Crippen LogP contribution in [0.5, 0.6) is 0 Å². The topological polar surface area (TPSA) is 92.5 Å². The fraction of sp³-hybridized carbons (Fsp3) is 0.500. The number of rotatable bonds is 5. The third-order valence-electron chi connectivity index (χ3n) is 4.34. The molecule has 3 heterocycles. The first kappa shape index (κ1) is 18.1. The zero-order valence-corrected chi connectivity index (χ0v) is 15.8. The molecule has 0 aromatic carbocycles. The van der Waals surface area contributed by atoms with Crippen molar-refractivity contribution < 1.29 is 17.6 Å². The Morgan fingerprint density at radius 3 is 2.76 bits per heavy atom. The van der Waals surface area contributed by atoms with Crippen molar-refractivity contribution in [2.24, 2.45) is 5.92 Å². The Morgan fingerprint density at radius 1 is 1.44 bits per heavy atom. The Bertz CT molecular complexity index is 835. The molecule has 25 heavy (non-hydrogen) atoms. The molecule has 2 aromatic rings. The number of aryl methyl sites for hydroxylation is 1. The van der Waals surface area contributed by atoms with Gasteiger partial charge >= 0.3 is 0 Å². The maximum Gasteiger partial charge on any atom is 0.273 e. The van der Waals surface area contributed by atoms with Gasteiger partial charge < -0.3 is 9.73 Å². The Kier molecular flexibility index (Phi) is 5.26. The fourth-order valence-electron chi connectivity index (χ4n) is 2.88. The molecule has 1 fully saturated rings. The number of nitrogens with zero attached hydrogens (tertiary/aromatic N) is 2. The molecule has 0 aliphatic carbocycles. The van der Waals surface area contributed by atoms with E-state index in [9.17, 15) is 13.2 Å². The summed E-state index contributed by atoms with van der Waals surface area (Å²) in [6.45, 7) is 3.25. The van der Waals surface area contributed by atoms with Crippen molar-refractivity contribution >= 4 is 27.3 Å². The number of carbonyl (C=O) groups is 1. The fourth-order valence-corrected chi connectivity index (χ4v) is 4.40. The van der Waals surface area contributed by atoms with E-state index < -0.39 is 10.0 Å². The summed E-state index contributed by atoms with van der Waals surface area (Å²) in [6, 6.07) is 3.80. The number of piperidine rings is 1. The zero-order chi connectivity index (χ0) is 18.0. The summed E-state index contributed by atoms with van der Waals surface area (Å²) in [5.74, 6) is 0.965. The standard InChI is InChI=1S/C16H21N3O4S2/c1-11-14(18-16(23-11)13-4-3-9-24-13)15(20)17-10-12-5-7-19(8-6-12)25(2,21)22/h3-4,9,12H,5-8,10H2,1-2H3,(H,17,20). The van der Waals surface area contributed by atoms with E-state index in [-0.39, 0.29) is 11.8 Å². The van der Waals surface area contributed by atoms with E-state index in [0.29, 0.717) is 37.0 Å². The molecule has 1 amide bonds. The Balaban J connectivity index is 1.55. The van der Waals surface area contributed by atoms with Crippen molar-refractivity contribution in [2.75, 3.05) is 25.9 Å². The molecule has 0 atom stereocenters. The van der Waals surface area contributed by atoms with E-state index in [2.05, 4.69) is 10.3 Å². The van der Waals surface area contributed by atoms with E-state index in [0.717, 1.165) is 17.7 Å². The second-order valence-electron chi connectivity index (χ2n) is 6.22. The van der Waals surface area contributed by atoms with Crippen LogP contribution in [0, 0.1) is 12.8 Å². The van der Waals surface area contributed by atoms with E-state index in [1.54, 1.807) is 6.92 Å². The van der Waals surface area contributed by atoms with Gasteiger partial charge in [0.2, 0.25) is 15.9 Å². The molecule has 2 aromatic heterocycles. The van der Waals surface area contributed by atoms with Crippen LogP contribution in [-0.2, 0) is 10.0 Å². The molecular weight excluding hydrogens is 362 g/mol. The number of oxazole rings is 1. The lowest BCUT2D eigenvalue weighted by Gasteiger charge is -2.30. The highest BCUT2D eigenvalue weighted by atomic mass is 32.2. The summed E-state index contributed by atoms with van der Waals surface area (Å²) in [6.07, 6.45) is 2.71. The van der Waals surface area contributed by atoms with Crippen LogP contribution in [0.1, 0.15) is 29.1 Å². The van der Waals surface area contributed by atoms with Crippen molar-refractivity contribution in [1.82, 2.24) is 14.6 Å². The van der Waals surface area contributed by atoms with Crippen molar-refractivity contribution in [3.8, 4) is 10.8 Å². The normalized spacial score (nSPS) is 16.9. The van der Waals surface area contributed by atoms with Crippen LogP contribution >= 0.6 is 11.3 Å². The minimum Gasteiger partial charge on any atom is -0.440 e. The molecule has 0 bridgehead atoms. The lowest BCUT2D eigenvalue weighted by Crippen LogP contribution is -2.41. The predicted molar refractivity (Wildman–Crippen MR) is 96.0 cm³/mol. The summed E-state index contributed by atoms with van der Waals surface area (Å²) < 4.78 is 30.1. The Hall–Kier alpha value is -1.71. The first-order chi connectivity index (χ1) is 11.8. The van der Waals surface area contributed by atoms with Gasteiger partial charge in [0, 0.05) is 19.6 Å². The molecule has 0 unspecified atom stereocenters. The number of hydrogen-bond acceptors (Lipinski definition) is 6. The van der Waals surface area contributed by atoms with Gasteiger partial charge in [0.1, 0.15) is 5.76 Å². The zero-order valence-electron chi connectivity index (χ0n) is 14.2. The Labute approximate surface area is 151 Å². The number of thiophene rings is 1. The van der Waals surface area contributed by atoms with Gasteiger partial charge in [0.15, 0.2) is 5.69 Å². The van der Waals surface area contributed by atoms with Gasteiger partial charge in [-0.1, -0.05) is 6.07 Å². The summed E-state index contributed by atoms with van der Waals surface area (Å²) in [5, 5.41) is 4.82. The van der Waals surface area contributed by atoms with Crippen LogP contribution in [0.2, 0.25) is 0 Å². The minimum atomic E-state index is -3.12. The third kappa shape index (κ3) is 4.28. The van der Waals surface area contributed by atoms with Crippen molar-refractivity contribution in [2.45, 2.75) is 19.8 Å². The molecule has 1 saturated heterocycles. The molecule has 0 radical (unpaired) electrons. The molecule has 3 rings (SSSR count). The van der Waals surface area contributed by atoms with Crippen LogP contribution in [-0.4, -0.2) is 49.5 Å². The van der Waals surface area contributed by atoms with Gasteiger partial charge in [-0.05, 0) is 37.1 Å². The van der Waals surface area contributed by atoms with Crippen molar-refractivity contribution in [1.29, 1.82) is 0 Å². The van der Waals surface area contributed by atoms with E-state index >= 15 is 0 Å². The average molecular weight is 383 g/mol. The van der Waals surface area contributed by atoms with Crippen molar-refractivity contribution in [3.63, 3.8) is 0 Å². The second-order valence-corrected chi connectivity index (χ2v) is 9.15. The number of aromatic nitrogens is 1. The highest BCUT2D eigenvalue weighted by molar-refractivity contribution is 7.88. The molecule has 136 valence electrons. The van der Waals surface area contributed by atoms with E-state index in [4.69, 9.17) is 4.42 Å². The largest absolute Gasteiger partial charge is 0.440 e. The summed E-state index contributed by atoms with van der Waals surface area (Å²) in [4.78, 5) is 17.6. The van der Waals surface area contributed by atoms with E-state index in [1.807, 2.05) is 17.5 Å². The minimum absolute atomic E-state index is 0.255. The average Bonchev–Trinajstić information content (AvgIpc) is 3.21. The van der Waals surface area contributed by atoms with Crippen molar-refractivity contribution in [3.05, 3.63) is 29.0 Å². The summed E-state index contributed by atoms with van der Waals surface area (Å²) >= 11 is 1.51. The smallest absolute Gasteiger partial charge is 0.273 e. The maximum atomic E-state index is 12.4. The molecule has 1 aliphatic heterocycles. The van der Waals surface area contributed by atoms with Crippen LogP contribution < -0.4 is 5.32 Å². The van der Waals surface area contributed by atoms with Crippen LogP contribution in [0.3, 0.4) is 0 Å². The maximum absolute atomic E-state index is 12.4. The first-order valence-corrected chi connectivity index (χ1v) is 10.8. The molecular formula is C16H21N3O4S2. The number of sulfonamides is 1. The molecule has 0 saturated carbocycles. The number of nitrogens with one attached hydrogen (secondary N) is 1. The van der Waals surface area contributed by atoms with Gasteiger partial charge in [-0.25, -0.2) is 17.7 Å². The van der Waals surface area contributed by atoms with Gasteiger partial charge in [0.05, 0.1) is 11.1 Å². The number of hydrogen-bond donors (Lipinski definition) is 1. The molecule has 1 N–H and O–H groups in total. The second kappa shape index (κ2) is 7.27. The van der Waals surface area contributed by atoms with Gasteiger partial charge in [0.25, 0.3) is 5.91 Å². The molecule has 9 heteroatoms. The number of amides is 1. The van der Waals surface area contributed by atoms with Gasteiger partial charge in [-0.15, -0.1) is 11.3 Å². The third-order valence-corrected chi connectivity index (χ3v) is 6.50. The predicted octanol–water partition coefficient (Wildman–Crippen LogP) is 2.11. The summed E-state index contributed by atoms with van der Waals surface area (Å²) in [5.41, 5.74) is 0.303. The monoisotopic (exact) mass is 383 g/mol. The lowest BCUT2D eigenvalue weighted by atomic mass is 9.98. The van der Waals surface area contributed by atoms with Gasteiger partial charge in [-0.3, -0.25) is 4.79 Å². The highest BCUT2D eigenvalue weighted by Gasteiger charge is 2.26. The quantitative estimate of drug-likeness (QED) is 0.854. The number of carbonyl (C=O) groups excluding carboxylic acids is 1. The Morgan fingerprint density at radius 2 is 2.16 bits per heavy atom. The SMILES string of the molecule is Cc1oc(-c2cccs2)nc1C(=O)NCC1CCN(S(C)(=O)=O)CC1. The highest BCUT2D eigenvalue weighted by Crippen LogP contribution is 2.26. The molecule has 0 spiro atoms. The van der Waals surface area contributed by atoms with Crippen LogP contribution in [0.15, 0.2) is 21.9 Å². The lowest BCUT2D eigenvalue weighted by molar-refractivity contribution is 0.0935.